The highest BCUT2D eigenvalue weighted by atomic mass is 127. The number of halogens is 1. The lowest BCUT2D eigenvalue weighted by atomic mass is 10.2. The lowest BCUT2D eigenvalue weighted by Crippen LogP contribution is -2.19. The summed E-state index contributed by atoms with van der Waals surface area (Å²) in [7, 11) is 0. The normalized spacial score (nSPS) is 13.7. The van der Waals surface area contributed by atoms with E-state index in [1.165, 1.54) is 10.6 Å². The third-order valence-corrected chi connectivity index (χ3v) is 2.65. The highest BCUT2D eigenvalue weighted by molar-refractivity contribution is 14.1. The van der Waals surface area contributed by atoms with E-state index < -0.39 is 0 Å². The Kier molecular flexibility index (Phi) is 3.26. The topological polar surface area (TPSA) is 13.1 Å². The van der Waals surface area contributed by atoms with E-state index in [1.807, 2.05) is 24.3 Å². The maximum atomic E-state index is 5.73. The molecule has 76 valence electrons. The van der Waals surface area contributed by atoms with Crippen molar-refractivity contribution < 1.29 is 4.42 Å². The molecule has 1 aromatic carbocycles. The molecular formula is C13H11IO. The van der Waals surface area contributed by atoms with Gasteiger partial charge in [-0.1, -0.05) is 59.5 Å². The van der Waals surface area contributed by atoms with Gasteiger partial charge in [0.25, 0.3) is 0 Å². The molecule has 15 heavy (non-hydrogen) atoms. The predicted molar refractivity (Wildman–Crippen MR) is 73.5 cm³/mol. The van der Waals surface area contributed by atoms with Crippen LogP contribution in [0, 0.1) is 0 Å². The van der Waals surface area contributed by atoms with E-state index in [2.05, 4.69) is 41.3 Å². The zero-order valence-corrected chi connectivity index (χ0v) is 10.4. The summed E-state index contributed by atoms with van der Waals surface area (Å²) in [6.45, 7) is 3.70. The Morgan fingerprint density at radius 1 is 1.33 bits per heavy atom. The zero-order valence-electron chi connectivity index (χ0n) is 8.24. The number of hydrogen-bond acceptors (Lipinski definition) is 1. The van der Waals surface area contributed by atoms with Gasteiger partial charge in [0.15, 0.2) is 0 Å². The van der Waals surface area contributed by atoms with E-state index >= 15 is 0 Å². The van der Waals surface area contributed by atoms with E-state index in [-0.39, 0.29) is 0 Å². The predicted octanol–water partition coefficient (Wildman–Crippen LogP) is 2.61. The Labute approximate surface area is 102 Å². The third kappa shape index (κ3) is 2.00. The van der Waals surface area contributed by atoms with Crippen LogP contribution in [0.5, 0.6) is 0 Å². The first-order valence-electron chi connectivity index (χ1n) is 4.73. The van der Waals surface area contributed by atoms with Crippen LogP contribution in [0.4, 0.5) is 0 Å². The molecule has 2 rings (SSSR count). The van der Waals surface area contributed by atoms with Gasteiger partial charge in [-0.25, -0.2) is 0 Å². The van der Waals surface area contributed by atoms with Gasteiger partial charge < -0.3 is 4.42 Å². The Morgan fingerprint density at radius 2 is 2.13 bits per heavy atom. The van der Waals surface area contributed by atoms with Gasteiger partial charge >= 0.3 is 0 Å². The van der Waals surface area contributed by atoms with Crippen molar-refractivity contribution in [1.29, 1.82) is 0 Å². The summed E-state index contributed by atoms with van der Waals surface area (Å²) >= 11 is 2.33. The lowest BCUT2D eigenvalue weighted by Gasteiger charge is -1.83. The molecule has 0 saturated carbocycles. The van der Waals surface area contributed by atoms with Crippen molar-refractivity contribution in [2.24, 2.45) is 0 Å². The van der Waals surface area contributed by atoms with Crippen LogP contribution in [0.15, 0.2) is 41.3 Å². The van der Waals surface area contributed by atoms with Gasteiger partial charge in [0, 0.05) is 15.0 Å². The molecule has 0 unspecified atom stereocenters. The maximum absolute atomic E-state index is 5.73. The number of para-hydroxylation sites is 1. The number of benzene rings is 1. The molecule has 1 aromatic heterocycles. The Morgan fingerprint density at radius 3 is 2.87 bits per heavy atom. The quantitative estimate of drug-likeness (QED) is 0.614. The molecule has 0 fully saturated rings. The van der Waals surface area contributed by atoms with Crippen molar-refractivity contribution in [3.8, 4) is 0 Å². The van der Waals surface area contributed by atoms with Gasteiger partial charge in [0.05, 0.1) is 0 Å². The lowest BCUT2D eigenvalue weighted by molar-refractivity contribution is 0.576. The molecule has 0 aliphatic rings. The molecule has 0 saturated heterocycles. The molecule has 1 nitrogen and oxygen atoms in total. The highest BCUT2D eigenvalue weighted by Crippen LogP contribution is 2.06. The van der Waals surface area contributed by atoms with Crippen molar-refractivity contribution in [1.82, 2.24) is 0 Å². The number of allylic oxidation sites excluding steroid dienone is 1. The van der Waals surface area contributed by atoms with Crippen LogP contribution in [-0.2, 0) is 0 Å². The molecule has 0 spiro atoms. The fourth-order valence-corrected chi connectivity index (χ4v) is 2.04. The molecular weight excluding hydrogens is 299 g/mol. The fourth-order valence-electron chi connectivity index (χ4n) is 1.60. The molecule has 1 heterocycles. The van der Waals surface area contributed by atoms with Gasteiger partial charge in [-0.05, 0) is 12.1 Å². The molecule has 0 atom stereocenters. The summed E-state index contributed by atoms with van der Waals surface area (Å²) in [5.74, 6) is 0. The molecule has 0 aliphatic carbocycles. The van der Waals surface area contributed by atoms with Gasteiger partial charge in [0.2, 0.25) is 0 Å². The minimum atomic E-state index is 0.892. The van der Waals surface area contributed by atoms with Crippen LogP contribution in [0.1, 0.15) is 0 Å². The third-order valence-electron chi connectivity index (χ3n) is 2.21. The van der Waals surface area contributed by atoms with Crippen LogP contribution in [0.25, 0.3) is 23.1 Å². The molecule has 0 N–H and O–H groups in total. The van der Waals surface area contributed by atoms with E-state index in [0.29, 0.717) is 0 Å². The minimum Gasteiger partial charge on any atom is -0.456 e. The molecule has 2 heteroatoms. The highest BCUT2D eigenvalue weighted by Gasteiger charge is 2.00. The second-order valence-corrected chi connectivity index (χ2v) is 4.02. The Hall–Kier alpha value is -1.03. The maximum Gasteiger partial charge on any atom is 0.135 e. The summed E-state index contributed by atoms with van der Waals surface area (Å²) < 4.78 is 6.70. The first-order chi connectivity index (χ1) is 7.36. The van der Waals surface area contributed by atoms with Crippen LogP contribution in [-0.4, -0.2) is 4.43 Å². The second kappa shape index (κ2) is 4.66. The van der Waals surface area contributed by atoms with Gasteiger partial charge in [-0.2, -0.15) is 0 Å². The van der Waals surface area contributed by atoms with Crippen molar-refractivity contribution >= 4 is 45.7 Å². The largest absolute Gasteiger partial charge is 0.456 e. The molecule has 0 aliphatic heterocycles. The zero-order chi connectivity index (χ0) is 10.7. The van der Waals surface area contributed by atoms with Gasteiger partial charge in [-0.3, -0.25) is 0 Å². The number of alkyl halides is 1. The summed E-state index contributed by atoms with van der Waals surface area (Å²) in [5, 5.41) is 2.34. The van der Waals surface area contributed by atoms with E-state index in [4.69, 9.17) is 4.42 Å². The van der Waals surface area contributed by atoms with Crippen LogP contribution >= 0.6 is 22.6 Å². The van der Waals surface area contributed by atoms with E-state index in [1.54, 1.807) is 6.08 Å². The molecule has 0 bridgehead atoms. The van der Waals surface area contributed by atoms with Crippen molar-refractivity contribution in [3.63, 3.8) is 0 Å². The minimum absolute atomic E-state index is 0.892. The molecule has 2 aromatic rings. The van der Waals surface area contributed by atoms with Crippen molar-refractivity contribution in [2.75, 3.05) is 4.43 Å². The summed E-state index contributed by atoms with van der Waals surface area (Å²) in [5.41, 5.74) is 1.82. The SMILES string of the molecule is C=C/C=c1/oc2ccccc2/c1=C/CI. The standard InChI is InChI=1S/C13H11IO/c1-2-5-12-11(8-9-14)10-6-3-4-7-13(10)15-12/h2-8H,1,9H2/b11-8-,12-5+. The van der Waals surface area contributed by atoms with Crippen LogP contribution in [0.2, 0.25) is 0 Å². The summed E-state index contributed by atoms with van der Waals surface area (Å²) in [4.78, 5) is 0. The first kappa shape index (κ1) is 10.5. The summed E-state index contributed by atoms with van der Waals surface area (Å²) in [6, 6.07) is 8.08. The number of hydrogen-bond donors (Lipinski definition) is 0. The van der Waals surface area contributed by atoms with Gasteiger partial charge in [-0.15, -0.1) is 0 Å². The molecule has 0 amide bonds. The Bertz CT molecular complexity index is 593. The average Bonchev–Trinajstić information content (AvgIpc) is 2.59. The molecule has 0 radical (unpaired) electrons. The van der Waals surface area contributed by atoms with E-state index in [9.17, 15) is 0 Å². The van der Waals surface area contributed by atoms with Crippen LogP contribution in [0.3, 0.4) is 0 Å². The fraction of sp³-hybridized carbons (Fsp3) is 0.0769. The van der Waals surface area contributed by atoms with E-state index in [0.717, 1.165) is 15.4 Å². The second-order valence-electron chi connectivity index (χ2n) is 3.14. The number of fused-ring (bicyclic) bond motifs is 1. The Balaban J connectivity index is 2.93. The number of rotatable bonds is 2. The van der Waals surface area contributed by atoms with Crippen LogP contribution < -0.4 is 10.6 Å². The van der Waals surface area contributed by atoms with Crippen molar-refractivity contribution in [2.45, 2.75) is 0 Å². The van der Waals surface area contributed by atoms with Gasteiger partial charge in [0.1, 0.15) is 11.0 Å². The summed E-state index contributed by atoms with van der Waals surface area (Å²) in [6.07, 6.45) is 5.82. The smallest absolute Gasteiger partial charge is 0.135 e. The first-order valence-corrected chi connectivity index (χ1v) is 6.26. The average molecular weight is 310 g/mol. The van der Waals surface area contributed by atoms with Crippen molar-refractivity contribution in [3.05, 3.63) is 47.6 Å². The number of furan rings is 1. The monoisotopic (exact) mass is 310 g/mol.